The Balaban J connectivity index is 2.25. The van der Waals surface area contributed by atoms with Crippen molar-refractivity contribution >= 4 is 17.5 Å². The SMILES string of the molecule is Cc1ccc(C(=O)NC(C)C)cc1NC(=O)C(c1ccccc1)C(C)C. The number of carbonyl (C=O) groups is 2. The molecule has 2 rings (SSSR count). The smallest absolute Gasteiger partial charge is 0.251 e. The van der Waals surface area contributed by atoms with E-state index in [-0.39, 0.29) is 29.7 Å². The van der Waals surface area contributed by atoms with E-state index in [1.807, 2.05) is 71.0 Å². The van der Waals surface area contributed by atoms with Gasteiger partial charge in [0.05, 0.1) is 5.92 Å². The highest BCUT2D eigenvalue weighted by Crippen LogP contribution is 2.27. The van der Waals surface area contributed by atoms with Gasteiger partial charge in [-0.1, -0.05) is 50.2 Å². The molecule has 0 aromatic heterocycles. The van der Waals surface area contributed by atoms with Crippen molar-refractivity contribution < 1.29 is 9.59 Å². The van der Waals surface area contributed by atoms with Gasteiger partial charge in [-0.15, -0.1) is 0 Å². The highest BCUT2D eigenvalue weighted by Gasteiger charge is 2.24. The quantitative estimate of drug-likeness (QED) is 0.803. The first-order valence-electron chi connectivity index (χ1n) is 9.07. The molecule has 0 radical (unpaired) electrons. The van der Waals surface area contributed by atoms with Crippen LogP contribution in [-0.2, 0) is 4.79 Å². The van der Waals surface area contributed by atoms with Crippen molar-refractivity contribution in [3.05, 3.63) is 65.2 Å². The lowest BCUT2D eigenvalue weighted by Crippen LogP contribution is -2.30. The summed E-state index contributed by atoms with van der Waals surface area (Å²) in [6, 6.07) is 15.2. The number of amides is 2. The van der Waals surface area contributed by atoms with Crippen LogP contribution in [0, 0.1) is 12.8 Å². The summed E-state index contributed by atoms with van der Waals surface area (Å²) in [7, 11) is 0. The number of carbonyl (C=O) groups excluding carboxylic acids is 2. The van der Waals surface area contributed by atoms with Crippen molar-refractivity contribution in [2.24, 2.45) is 5.92 Å². The Bertz CT molecular complexity index is 767. The molecule has 0 aliphatic heterocycles. The van der Waals surface area contributed by atoms with E-state index in [4.69, 9.17) is 0 Å². The maximum atomic E-state index is 13.0. The summed E-state index contributed by atoms with van der Waals surface area (Å²) >= 11 is 0. The summed E-state index contributed by atoms with van der Waals surface area (Å²) in [6.45, 7) is 9.84. The van der Waals surface area contributed by atoms with E-state index in [9.17, 15) is 9.59 Å². The second-order valence-electron chi connectivity index (χ2n) is 7.28. The maximum Gasteiger partial charge on any atom is 0.251 e. The first-order chi connectivity index (χ1) is 12.3. The maximum absolute atomic E-state index is 13.0. The molecule has 4 nitrogen and oxygen atoms in total. The van der Waals surface area contributed by atoms with Crippen molar-refractivity contribution in [2.75, 3.05) is 5.32 Å². The Morgan fingerprint density at radius 2 is 1.58 bits per heavy atom. The van der Waals surface area contributed by atoms with Gasteiger partial charge in [0.2, 0.25) is 5.91 Å². The molecule has 2 aromatic rings. The Labute approximate surface area is 156 Å². The van der Waals surface area contributed by atoms with Crippen LogP contribution in [0.4, 0.5) is 5.69 Å². The molecule has 0 bridgehead atoms. The molecule has 0 heterocycles. The first kappa shape index (κ1) is 19.7. The molecule has 0 spiro atoms. The van der Waals surface area contributed by atoms with Crippen molar-refractivity contribution in [3.8, 4) is 0 Å². The van der Waals surface area contributed by atoms with Crippen LogP contribution < -0.4 is 10.6 Å². The highest BCUT2D eigenvalue weighted by molar-refractivity contribution is 5.99. The van der Waals surface area contributed by atoms with Crippen LogP contribution >= 0.6 is 0 Å². The summed E-state index contributed by atoms with van der Waals surface area (Å²) in [6.07, 6.45) is 0. The van der Waals surface area contributed by atoms with Gasteiger partial charge in [-0.3, -0.25) is 9.59 Å². The van der Waals surface area contributed by atoms with Gasteiger partial charge in [-0.25, -0.2) is 0 Å². The van der Waals surface area contributed by atoms with Crippen molar-refractivity contribution in [1.29, 1.82) is 0 Å². The Kier molecular flexibility index (Phi) is 6.56. The topological polar surface area (TPSA) is 58.2 Å². The minimum atomic E-state index is -0.247. The zero-order chi connectivity index (χ0) is 19.3. The van der Waals surface area contributed by atoms with Gasteiger partial charge in [0.1, 0.15) is 0 Å². The fourth-order valence-corrected chi connectivity index (χ4v) is 2.95. The lowest BCUT2D eigenvalue weighted by Gasteiger charge is -2.21. The van der Waals surface area contributed by atoms with Crippen molar-refractivity contribution in [1.82, 2.24) is 5.32 Å². The number of anilines is 1. The van der Waals surface area contributed by atoms with E-state index in [1.54, 1.807) is 12.1 Å². The molecule has 0 saturated carbocycles. The number of hydrogen-bond acceptors (Lipinski definition) is 2. The molecule has 1 unspecified atom stereocenters. The van der Waals surface area contributed by atoms with E-state index < -0.39 is 0 Å². The number of rotatable bonds is 6. The van der Waals surface area contributed by atoms with E-state index in [0.29, 0.717) is 11.3 Å². The standard InChI is InChI=1S/C22H28N2O2/c1-14(2)20(17-9-7-6-8-10-17)22(26)24-19-13-18(12-11-16(19)5)21(25)23-15(3)4/h6-15,20H,1-5H3,(H,23,25)(H,24,26). The Hall–Kier alpha value is -2.62. The largest absolute Gasteiger partial charge is 0.350 e. The predicted molar refractivity (Wildman–Crippen MR) is 106 cm³/mol. The molecule has 138 valence electrons. The molecule has 0 aliphatic carbocycles. The number of hydrogen-bond donors (Lipinski definition) is 2. The first-order valence-corrected chi connectivity index (χ1v) is 9.07. The Morgan fingerprint density at radius 3 is 2.15 bits per heavy atom. The molecule has 2 aromatic carbocycles. The van der Waals surface area contributed by atoms with E-state index >= 15 is 0 Å². The number of nitrogens with one attached hydrogen (secondary N) is 2. The zero-order valence-electron chi connectivity index (χ0n) is 16.2. The Morgan fingerprint density at radius 1 is 0.923 bits per heavy atom. The fourth-order valence-electron chi connectivity index (χ4n) is 2.95. The summed E-state index contributed by atoms with van der Waals surface area (Å²) in [5, 5.41) is 5.89. The predicted octanol–water partition coefficient (Wildman–Crippen LogP) is 4.51. The third-order valence-corrected chi connectivity index (χ3v) is 4.29. The van der Waals surface area contributed by atoms with E-state index in [2.05, 4.69) is 10.6 Å². The molecule has 2 N–H and O–H groups in total. The van der Waals surface area contributed by atoms with Gasteiger partial charge in [0, 0.05) is 17.3 Å². The second kappa shape index (κ2) is 8.65. The lowest BCUT2D eigenvalue weighted by molar-refractivity contribution is -0.118. The average molecular weight is 352 g/mol. The summed E-state index contributed by atoms with van der Waals surface area (Å²) in [5.74, 6) is -0.288. The fraction of sp³-hybridized carbons (Fsp3) is 0.364. The normalized spacial score (nSPS) is 12.1. The van der Waals surface area contributed by atoms with Crippen LogP contribution in [0.1, 0.15) is 55.1 Å². The van der Waals surface area contributed by atoms with Crippen LogP contribution in [0.25, 0.3) is 0 Å². The molecular formula is C22H28N2O2. The third-order valence-electron chi connectivity index (χ3n) is 4.29. The minimum absolute atomic E-state index is 0.0595. The van der Waals surface area contributed by atoms with Gasteiger partial charge in [0.25, 0.3) is 5.91 Å². The van der Waals surface area contributed by atoms with E-state index in [1.165, 1.54) is 0 Å². The van der Waals surface area contributed by atoms with Gasteiger partial charge >= 0.3 is 0 Å². The third kappa shape index (κ3) is 4.94. The van der Waals surface area contributed by atoms with Gasteiger partial charge in [-0.05, 0) is 49.9 Å². The van der Waals surface area contributed by atoms with Crippen LogP contribution in [0.2, 0.25) is 0 Å². The monoisotopic (exact) mass is 352 g/mol. The van der Waals surface area contributed by atoms with Crippen molar-refractivity contribution in [3.63, 3.8) is 0 Å². The molecule has 26 heavy (non-hydrogen) atoms. The number of benzene rings is 2. The molecular weight excluding hydrogens is 324 g/mol. The van der Waals surface area contributed by atoms with Crippen LogP contribution in [0.15, 0.2) is 48.5 Å². The zero-order valence-corrected chi connectivity index (χ0v) is 16.2. The molecule has 2 amide bonds. The van der Waals surface area contributed by atoms with E-state index in [0.717, 1.165) is 11.1 Å². The van der Waals surface area contributed by atoms with Gasteiger partial charge in [0.15, 0.2) is 0 Å². The molecule has 4 heteroatoms. The summed E-state index contributed by atoms with van der Waals surface area (Å²) in [4.78, 5) is 25.2. The van der Waals surface area contributed by atoms with Gasteiger partial charge in [-0.2, -0.15) is 0 Å². The van der Waals surface area contributed by atoms with Crippen LogP contribution in [0.5, 0.6) is 0 Å². The average Bonchev–Trinajstić information content (AvgIpc) is 2.57. The van der Waals surface area contributed by atoms with Crippen LogP contribution in [0.3, 0.4) is 0 Å². The molecule has 0 aliphatic rings. The minimum Gasteiger partial charge on any atom is -0.350 e. The summed E-state index contributed by atoms with van der Waals surface area (Å²) < 4.78 is 0. The summed E-state index contributed by atoms with van der Waals surface area (Å²) in [5.41, 5.74) is 3.13. The highest BCUT2D eigenvalue weighted by atomic mass is 16.2. The molecule has 1 atom stereocenters. The van der Waals surface area contributed by atoms with Gasteiger partial charge < -0.3 is 10.6 Å². The number of aryl methyl sites for hydroxylation is 1. The lowest BCUT2D eigenvalue weighted by atomic mass is 9.87. The van der Waals surface area contributed by atoms with Crippen molar-refractivity contribution in [2.45, 2.75) is 46.6 Å². The second-order valence-corrected chi connectivity index (χ2v) is 7.28. The molecule has 0 fully saturated rings. The van der Waals surface area contributed by atoms with Crippen LogP contribution in [-0.4, -0.2) is 17.9 Å². The molecule has 0 saturated heterocycles.